The minimum atomic E-state index is -3.23. The number of hydrogen-bond donors (Lipinski definition) is 1. The smallest absolute Gasteiger partial charge is 0.152 e. The highest BCUT2D eigenvalue weighted by molar-refractivity contribution is 7.91. The summed E-state index contributed by atoms with van der Waals surface area (Å²) in [6, 6.07) is 2.02. The van der Waals surface area contributed by atoms with Crippen molar-refractivity contribution in [2.75, 3.05) is 11.5 Å². The normalized spacial score (nSPS) is 35.4. The molecule has 1 saturated carbocycles. The third-order valence-electron chi connectivity index (χ3n) is 4.05. The van der Waals surface area contributed by atoms with Crippen LogP contribution in [-0.2, 0) is 14.6 Å². The van der Waals surface area contributed by atoms with E-state index in [2.05, 4.69) is 0 Å². The van der Waals surface area contributed by atoms with Gasteiger partial charge in [0.15, 0.2) is 9.84 Å². The highest BCUT2D eigenvalue weighted by Gasteiger charge is 2.57. The number of nitriles is 1. The predicted octanol–water partition coefficient (Wildman–Crippen LogP) is 0.189. The van der Waals surface area contributed by atoms with Gasteiger partial charge in [0.25, 0.3) is 0 Å². The molecule has 1 saturated heterocycles. The van der Waals surface area contributed by atoms with Crippen molar-refractivity contribution in [2.45, 2.75) is 37.7 Å². The average molecular weight is 257 g/mol. The van der Waals surface area contributed by atoms with Gasteiger partial charge in [-0.05, 0) is 19.3 Å². The Balaban J connectivity index is 2.31. The van der Waals surface area contributed by atoms with Crippen molar-refractivity contribution in [3.63, 3.8) is 0 Å². The second-order valence-corrected chi connectivity index (χ2v) is 7.29. The maximum atomic E-state index is 11.5. The second kappa shape index (κ2) is 3.79. The van der Waals surface area contributed by atoms with Crippen LogP contribution in [0.1, 0.15) is 32.1 Å². The van der Waals surface area contributed by atoms with Crippen molar-refractivity contribution < 1.29 is 18.3 Å². The standard InChI is InChI=1S/C11H15NO4S/c12-7-10(5-6-17(15,16)8-10)11(14)3-1-9(13)2-4-11/h14H,1-6,8H2. The highest BCUT2D eigenvalue weighted by Crippen LogP contribution is 2.47. The van der Waals surface area contributed by atoms with Crippen LogP contribution in [0.15, 0.2) is 0 Å². The summed E-state index contributed by atoms with van der Waals surface area (Å²) in [5, 5.41) is 19.8. The first-order chi connectivity index (χ1) is 7.83. The number of ketones is 1. The van der Waals surface area contributed by atoms with Gasteiger partial charge < -0.3 is 5.11 Å². The quantitative estimate of drug-likeness (QED) is 0.723. The molecule has 1 unspecified atom stereocenters. The SMILES string of the molecule is N#CC1(C2(O)CCC(=O)CC2)CCS(=O)(=O)C1. The molecule has 0 spiro atoms. The van der Waals surface area contributed by atoms with Crippen LogP contribution >= 0.6 is 0 Å². The number of carbonyl (C=O) groups excluding carboxylic acids is 1. The van der Waals surface area contributed by atoms with Gasteiger partial charge in [0.2, 0.25) is 0 Å². The number of carbonyl (C=O) groups is 1. The van der Waals surface area contributed by atoms with Gasteiger partial charge in [-0.3, -0.25) is 4.79 Å². The maximum Gasteiger partial charge on any atom is 0.152 e. The van der Waals surface area contributed by atoms with Crippen molar-refractivity contribution in [2.24, 2.45) is 5.41 Å². The predicted molar refractivity (Wildman–Crippen MR) is 59.7 cm³/mol. The first kappa shape index (κ1) is 12.5. The zero-order valence-corrected chi connectivity index (χ0v) is 10.3. The van der Waals surface area contributed by atoms with E-state index in [0.717, 1.165) is 0 Å². The number of aliphatic hydroxyl groups is 1. The van der Waals surface area contributed by atoms with Gasteiger partial charge in [0, 0.05) is 12.8 Å². The van der Waals surface area contributed by atoms with Crippen molar-refractivity contribution in [3.05, 3.63) is 0 Å². The zero-order valence-electron chi connectivity index (χ0n) is 9.48. The van der Waals surface area contributed by atoms with Crippen LogP contribution in [0.2, 0.25) is 0 Å². The van der Waals surface area contributed by atoms with E-state index >= 15 is 0 Å². The molecular formula is C11H15NO4S. The molecular weight excluding hydrogens is 242 g/mol. The monoisotopic (exact) mass is 257 g/mol. The lowest BCUT2D eigenvalue weighted by Gasteiger charge is -2.41. The Hall–Kier alpha value is -0.930. The Bertz CT molecular complexity index is 480. The first-order valence-corrected chi connectivity index (χ1v) is 7.50. The first-order valence-electron chi connectivity index (χ1n) is 5.68. The van der Waals surface area contributed by atoms with E-state index in [1.54, 1.807) is 0 Å². The molecule has 1 aliphatic carbocycles. The van der Waals surface area contributed by atoms with E-state index in [4.69, 9.17) is 0 Å². The van der Waals surface area contributed by atoms with Crippen molar-refractivity contribution in [1.29, 1.82) is 5.26 Å². The van der Waals surface area contributed by atoms with Crippen LogP contribution < -0.4 is 0 Å². The third-order valence-corrected chi connectivity index (χ3v) is 5.80. The Morgan fingerprint density at radius 1 is 1.24 bits per heavy atom. The molecule has 5 nitrogen and oxygen atoms in total. The molecule has 2 aliphatic rings. The molecule has 0 radical (unpaired) electrons. The van der Waals surface area contributed by atoms with E-state index in [1.165, 1.54) is 0 Å². The van der Waals surface area contributed by atoms with Crippen LogP contribution in [0, 0.1) is 16.7 Å². The van der Waals surface area contributed by atoms with Crippen molar-refractivity contribution in [1.82, 2.24) is 0 Å². The molecule has 0 amide bonds. The molecule has 0 aromatic rings. The molecule has 2 fully saturated rings. The Morgan fingerprint density at radius 2 is 1.82 bits per heavy atom. The minimum absolute atomic E-state index is 0.0448. The largest absolute Gasteiger partial charge is 0.388 e. The Kier molecular flexibility index (Phi) is 2.79. The van der Waals surface area contributed by atoms with E-state index in [0.29, 0.717) is 0 Å². The number of sulfone groups is 1. The molecule has 2 rings (SSSR count). The summed E-state index contributed by atoms with van der Waals surface area (Å²) >= 11 is 0. The van der Waals surface area contributed by atoms with E-state index < -0.39 is 20.9 Å². The fraction of sp³-hybridized carbons (Fsp3) is 0.818. The van der Waals surface area contributed by atoms with Crippen LogP contribution in [0.5, 0.6) is 0 Å². The number of rotatable bonds is 1. The summed E-state index contributed by atoms with van der Waals surface area (Å²) in [6.45, 7) is 0. The lowest BCUT2D eigenvalue weighted by atomic mass is 9.65. The number of Topliss-reactive ketones (excluding diaryl/α,β-unsaturated/α-hetero) is 1. The third kappa shape index (κ3) is 1.98. The molecule has 94 valence electrons. The summed E-state index contributed by atoms with van der Waals surface area (Å²) in [7, 11) is -3.23. The Morgan fingerprint density at radius 3 is 2.24 bits per heavy atom. The van der Waals surface area contributed by atoms with Crippen LogP contribution in [0.25, 0.3) is 0 Å². The molecule has 1 heterocycles. The second-order valence-electron chi connectivity index (χ2n) is 5.11. The van der Waals surface area contributed by atoms with E-state index in [9.17, 15) is 23.6 Å². The van der Waals surface area contributed by atoms with Gasteiger partial charge in [0.1, 0.15) is 11.2 Å². The molecule has 0 aromatic carbocycles. The van der Waals surface area contributed by atoms with Gasteiger partial charge in [0.05, 0.1) is 23.2 Å². The highest BCUT2D eigenvalue weighted by atomic mass is 32.2. The molecule has 6 heteroatoms. The van der Waals surface area contributed by atoms with Crippen LogP contribution in [0.4, 0.5) is 0 Å². The average Bonchev–Trinajstić information content (AvgIpc) is 2.61. The molecule has 0 bridgehead atoms. The van der Waals surface area contributed by atoms with Crippen molar-refractivity contribution >= 4 is 15.6 Å². The lowest BCUT2D eigenvalue weighted by Crippen LogP contribution is -2.50. The van der Waals surface area contributed by atoms with Crippen LogP contribution in [-0.4, -0.2) is 36.4 Å². The summed E-state index contributed by atoms with van der Waals surface area (Å²) in [5.41, 5.74) is -2.54. The molecule has 1 atom stereocenters. The minimum Gasteiger partial charge on any atom is -0.388 e. The van der Waals surface area contributed by atoms with Gasteiger partial charge >= 0.3 is 0 Å². The Labute approximate surface area is 100 Å². The van der Waals surface area contributed by atoms with Gasteiger partial charge in [-0.1, -0.05) is 0 Å². The van der Waals surface area contributed by atoms with Gasteiger partial charge in [-0.2, -0.15) is 5.26 Å². The lowest BCUT2D eigenvalue weighted by molar-refractivity contribution is -0.131. The topological polar surface area (TPSA) is 95.2 Å². The molecule has 0 aromatic heterocycles. The van der Waals surface area contributed by atoms with Crippen molar-refractivity contribution in [3.8, 4) is 6.07 Å². The van der Waals surface area contributed by atoms with Gasteiger partial charge in [-0.15, -0.1) is 0 Å². The summed E-state index contributed by atoms with van der Waals surface area (Å²) in [4.78, 5) is 11.2. The molecule has 1 N–H and O–H groups in total. The fourth-order valence-corrected chi connectivity index (χ4v) is 4.86. The van der Waals surface area contributed by atoms with E-state index in [1.807, 2.05) is 6.07 Å². The van der Waals surface area contributed by atoms with Gasteiger partial charge in [-0.25, -0.2) is 8.42 Å². The number of hydrogen-bond acceptors (Lipinski definition) is 5. The summed E-state index contributed by atoms with van der Waals surface area (Å²) in [5.74, 6) is -0.249. The maximum absolute atomic E-state index is 11.5. The molecule has 1 aliphatic heterocycles. The molecule has 17 heavy (non-hydrogen) atoms. The summed E-state index contributed by atoms with van der Waals surface area (Å²) < 4.78 is 23.1. The van der Waals surface area contributed by atoms with E-state index in [-0.39, 0.29) is 49.4 Å². The van der Waals surface area contributed by atoms with Crippen LogP contribution in [0.3, 0.4) is 0 Å². The fourth-order valence-electron chi connectivity index (χ4n) is 2.83. The zero-order chi connectivity index (χ0) is 12.7. The summed E-state index contributed by atoms with van der Waals surface area (Å²) in [6.07, 6.45) is 1.06. The number of nitrogens with zero attached hydrogens (tertiary/aromatic N) is 1.